The molecule has 5 nitrogen and oxygen atoms in total. The third kappa shape index (κ3) is 7.21. The molecule has 0 aromatic heterocycles. The summed E-state index contributed by atoms with van der Waals surface area (Å²) < 4.78 is 40.3. The molecule has 0 saturated carbocycles. The maximum absolute atomic E-state index is 13.2. The van der Waals surface area contributed by atoms with Gasteiger partial charge in [-0.1, -0.05) is 0 Å². The molecule has 1 aliphatic rings. The molecule has 2 N–H and O–H groups in total. The minimum absolute atomic E-state index is 0. The van der Waals surface area contributed by atoms with Gasteiger partial charge in [0.05, 0.1) is 4.90 Å². The summed E-state index contributed by atoms with van der Waals surface area (Å²) in [7, 11) is -3.68. The van der Waals surface area contributed by atoms with E-state index in [1.807, 2.05) is 0 Å². The molecular weight excluding hydrogens is 432 g/mol. The highest BCUT2D eigenvalue weighted by Crippen LogP contribution is 2.22. The van der Waals surface area contributed by atoms with Crippen molar-refractivity contribution in [2.45, 2.75) is 11.3 Å². The van der Waals surface area contributed by atoms with Crippen LogP contribution in [-0.4, -0.2) is 52.6 Å². The third-order valence-corrected chi connectivity index (χ3v) is 5.79. The van der Waals surface area contributed by atoms with Crippen LogP contribution >= 0.6 is 40.7 Å². The Hall–Kier alpha value is 0.0400. The molecule has 134 valence electrons. The second-order valence-corrected chi connectivity index (χ2v) is 7.51. The van der Waals surface area contributed by atoms with E-state index in [2.05, 4.69) is 30.9 Å². The number of hydrogen-bond acceptors (Lipinski definition) is 4. The predicted octanol–water partition coefficient (Wildman–Crippen LogP) is 2.01. The molecule has 1 saturated heterocycles. The molecule has 2 rings (SSSR count). The normalized spacial score (nSPS) is 15.6. The Morgan fingerprint density at radius 3 is 2.57 bits per heavy atom. The zero-order valence-electron chi connectivity index (χ0n) is 12.4. The lowest BCUT2D eigenvalue weighted by Crippen LogP contribution is -2.44. The van der Waals surface area contributed by atoms with E-state index in [4.69, 9.17) is 0 Å². The standard InChI is InChI=1S/C13H19BrFN3O2S.2ClH/c14-12-3-2-11(15)10-13(12)21(19,20)17-4-1-7-18-8-5-16-6-9-18;;/h2-3,10,16-17H,1,4-9H2;2*1H. The van der Waals surface area contributed by atoms with Crippen molar-refractivity contribution in [3.05, 3.63) is 28.5 Å². The quantitative estimate of drug-likeness (QED) is 0.648. The molecule has 1 aliphatic heterocycles. The van der Waals surface area contributed by atoms with Crippen LogP contribution in [0.4, 0.5) is 4.39 Å². The number of piperazine rings is 1. The van der Waals surface area contributed by atoms with Crippen molar-refractivity contribution in [1.29, 1.82) is 0 Å². The molecule has 23 heavy (non-hydrogen) atoms. The fourth-order valence-corrected chi connectivity index (χ4v) is 4.25. The van der Waals surface area contributed by atoms with E-state index >= 15 is 0 Å². The maximum Gasteiger partial charge on any atom is 0.241 e. The average Bonchev–Trinajstić information content (AvgIpc) is 2.47. The van der Waals surface area contributed by atoms with Crippen LogP contribution in [-0.2, 0) is 10.0 Å². The topological polar surface area (TPSA) is 61.4 Å². The first kappa shape index (κ1) is 23.0. The van der Waals surface area contributed by atoms with Crippen LogP contribution in [0.3, 0.4) is 0 Å². The average molecular weight is 453 g/mol. The molecule has 0 atom stereocenters. The van der Waals surface area contributed by atoms with Crippen molar-refractivity contribution >= 4 is 50.8 Å². The zero-order valence-corrected chi connectivity index (χ0v) is 16.5. The molecule has 0 unspecified atom stereocenters. The van der Waals surface area contributed by atoms with Crippen molar-refractivity contribution in [1.82, 2.24) is 14.9 Å². The van der Waals surface area contributed by atoms with Gasteiger partial charge in [-0.2, -0.15) is 0 Å². The van der Waals surface area contributed by atoms with Gasteiger partial charge in [-0.3, -0.25) is 0 Å². The van der Waals surface area contributed by atoms with Gasteiger partial charge in [0.2, 0.25) is 10.0 Å². The van der Waals surface area contributed by atoms with E-state index in [1.54, 1.807) is 0 Å². The third-order valence-electron chi connectivity index (χ3n) is 3.34. The van der Waals surface area contributed by atoms with Gasteiger partial charge in [0.25, 0.3) is 0 Å². The molecule has 10 heteroatoms. The van der Waals surface area contributed by atoms with E-state index in [-0.39, 0.29) is 29.7 Å². The molecule has 1 aromatic rings. The van der Waals surface area contributed by atoms with Gasteiger partial charge in [0.1, 0.15) is 5.82 Å². The van der Waals surface area contributed by atoms with Gasteiger partial charge in [0, 0.05) is 37.2 Å². The van der Waals surface area contributed by atoms with E-state index < -0.39 is 15.8 Å². The second-order valence-electron chi connectivity index (χ2n) is 4.92. The summed E-state index contributed by atoms with van der Waals surface area (Å²) in [5.74, 6) is -0.570. The van der Waals surface area contributed by atoms with E-state index in [0.717, 1.165) is 45.2 Å². The summed E-state index contributed by atoms with van der Waals surface area (Å²) in [6.45, 7) is 5.12. The minimum atomic E-state index is -3.68. The number of benzene rings is 1. The van der Waals surface area contributed by atoms with Gasteiger partial charge in [0.15, 0.2) is 0 Å². The molecule has 1 heterocycles. The Kier molecular flexibility index (Phi) is 10.8. The molecule has 0 radical (unpaired) electrons. The Balaban J connectivity index is 0.00000242. The highest BCUT2D eigenvalue weighted by atomic mass is 79.9. The van der Waals surface area contributed by atoms with Crippen molar-refractivity contribution in [3.8, 4) is 0 Å². The van der Waals surface area contributed by atoms with Crippen LogP contribution < -0.4 is 10.0 Å². The highest BCUT2D eigenvalue weighted by Gasteiger charge is 2.18. The number of nitrogens with one attached hydrogen (secondary N) is 2. The van der Waals surface area contributed by atoms with Crippen LogP contribution in [0.15, 0.2) is 27.6 Å². The zero-order chi connectivity index (χ0) is 15.3. The number of halogens is 4. The lowest BCUT2D eigenvalue weighted by atomic mass is 10.3. The lowest BCUT2D eigenvalue weighted by Gasteiger charge is -2.27. The number of nitrogens with zero attached hydrogens (tertiary/aromatic N) is 1. The Labute approximate surface area is 157 Å². The maximum atomic E-state index is 13.2. The first-order valence-electron chi connectivity index (χ1n) is 6.87. The Bertz CT molecular complexity index is 587. The highest BCUT2D eigenvalue weighted by molar-refractivity contribution is 9.10. The lowest BCUT2D eigenvalue weighted by molar-refractivity contribution is 0.239. The van der Waals surface area contributed by atoms with Crippen molar-refractivity contribution in [2.24, 2.45) is 0 Å². The van der Waals surface area contributed by atoms with Crippen molar-refractivity contribution in [3.63, 3.8) is 0 Å². The van der Waals surface area contributed by atoms with Crippen LogP contribution in [0.2, 0.25) is 0 Å². The summed E-state index contributed by atoms with van der Waals surface area (Å²) in [4.78, 5) is 2.23. The minimum Gasteiger partial charge on any atom is -0.314 e. The first-order chi connectivity index (χ1) is 9.99. The van der Waals surface area contributed by atoms with Crippen LogP contribution in [0.1, 0.15) is 6.42 Å². The van der Waals surface area contributed by atoms with E-state index in [0.29, 0.717) is 11.0 Å². The van der Waals surface area contributed by atoms with Crippen LogP contribution in [0.5, 0.6) is 0 Å². The first-order valence-corrected chi connectivity index (χ1v) is 9.14. The molecule has 0 bridgehead atoms. The van der Waals surface area contributed by atoms with Gasteiger partial charge in [-0.15, -0.1) is 24.8 Å². The van der Waals surface area contributed by atoms with Crippen LogP contribution in [0.25, 0.3) is 0 Å². The van der Waals surface area contributed by atoms with E-state index in [9.17, 15) is 12.8 Å². The predicted molar refractivity (Wildman–Crippen MR) is 97.7 cm³/mol. The number of rotatable bonds is 6. The summed E-state index contributed by atoms with van der Waals surface area (Å²) in [6, 6.07) is 3.63. The van der Waals surface area contributed by atoms with Gasteiger partial charge in [-0.25, -0.2) is 17.5 Å². The molecule has 1 aromatic carbocycles. The summed E-state index contributed by atoms with van der Waals surface area (Å²) in [5, 5.41) is 3.27. The molecule has 0 amide bonds. The SMILES string of the molecule is Cl.Cl.O=S(=O)(NCCCN1CCNCC1)c1cc(F)ccc1Br. The number of hydrogen-bond donors (Lipinski definition) is 2. The Morgan fingerprint density at radius 1 is 1.26 bits per heavy atom. The van der Waals surface area contributed by atoms with Gasteiger partial charge in [-0.05, 0) is 47.1 Å². The van der Waals surface area contributed by atoms with Crippen molar-refractivity contribution in [2.75, 3.05) is 39.3 Å². The second kappa shape index (κ2) is 10.8. The summed E-state index contributed by atoms with van der Waals surface area (Å²) in [6.07, 6.45) is 0.728. The summed E-state index contributed by atoms with van der Waals surface area (Å²) >= 11 is 3.14. The van der Waals surface area contributed by atoms with Crippen molar-refractivity contribution < 1.29 is 12.8 Å². The molecular formula is C13H21BrCl2FN3O2S. The summed E-state index contributed by atoms with van der Waals surface area (Å²) in [5.41, 5.74) is 0. The molecule has 0 aliphatic carbocycles. The number of sulfonamides is 1. The smallest absolute Gasteiger partial charge is 0.241 e. The van der Waals surface area contributed by atoms with Gasteiger partial charge < -0.3 is 10.2 Å². The molecule has 0 spiro atoms. The fourth-order valence-electron chi connectivity index (χ4n) is 2.20. The monoisotopic (exact) mass is 451 g/mol. The van der Waals surface area contributed by atoms with Gasteiger partial charge >= 0.3 is 0 Å². The Morgan fingerprint density at radius 2 is 1.91 bits per heavy atom. The molecule has 1 fully saturated rings. The largest absolute Gasteiger partial charge is 0.314 e. The fraction of sp³-hybridized carbons (Fsp3) is 0.538. The van der Waals surface area contributed by atoms with E-state index in [1.165, 1.54) is 12.1 Å². The van der Waals surface area contributed by atoms with Crippen LogP contribution in [0, 0.1) is 5.82 Å².